The van der Waals surface area contributed by atoms with Gasteiger partial charge in [0.2, 0.25) is 5.91 Å². The third kappa shape index (κ3) is 9.99. The van der Waals surface area contributed by atoms with Crippen LogP contribution in [0.25, 0.3) is 0 Å². The first-order chi connectivity index (χ1) is 12.9. The highest BCUT2D eigenvalue weighted by atomic mass is 16.5. The van der Waals surface area contributed by atoms with E-state index in [0.717, 1.165) is 11.3 Å². The quantitative estimate of drug-likeness (QED) is 0.512. The molecule has 160 valence electrons. The molecule has 1 rings (SSSR count). The van der Waals surface area contributed by atoms with Crippen molar-refractivity contribution in [1.29, 1.82) is 0 Å². The Morgan fingerprint density at radius 2 is 1.75 bits per heavy atom. The van der Waals surface area contributed by atoms with Gasteiger partial charge in [-0.25, -0.2) is 0 Å². The summed E-state index contributed by atoms with van der Waals surface area (Å²) in [5.41, 5.74) is -0.101. The molecule has 3 amide bonds. The van der Waals surface area contributed by atoms with E-state index in [1.807, 2.05) is 6.92 Å². The van der Waals surface area contributed by atoms with E-state index in [9.17, 15) is 14.4 Å². The van der Waals surface area contributed by atoms with Crippen molar-refractivity contribution in [3.63, 3.8) is 0 Å². The fourth-order valence-electron chi connectivity index (χ4n) is 2.44. The van der Waals surface area contributed by atoms with Crippen LogP contribution in [0, 0.1) is 5.41 Å². The average Bonchev–Trinajstić information content (AvgIpc) is 2.89. The molecule has 0 aromatic carbocycles. The molecule has 0 fully saturated rings. The van der Waals surface area contributed by atoms with Gasteiger partial charge in [0, 0.05) is 38.3 Å². The van der Waals surface area contributed by atoms with E-state index in [4.69, 9.17) is 9.47 Å². The molecule has 1 unspecified atom stereocenters. The van der Waals surface area contributed by atoms with Gasteiger partial charge in [-0.2, -0.15) is 0 Å². The molecule has 0 saturated heterocycles. The predicted octanol–water partition coefficient (Wildman–Crippen LogP) is 2.44. The van der Waals surface area contributed by atoms with Crippen LogP contribution in [0.4, 0.5) is 0 Å². The first kappa shape index (κ1) is 24.3. The van der Waals surface area contributed by atoms with Crippen LogP contribution >= 0.6 is 0 Å². The zero-order valence-corrected chi connectivity index (χ0v) is 18.2. The number of nitrogens with zero attached hydrogens (tertiary/aromatic N) is 1. The number of imide groups is 1. The SMILES string of the molecule is CC(CCNC(=O)CCN1C(=O)C=CC1=O)OCCC(C)(C)OCC(C)(C)C. The Bertz CT molecular complexity index is 560. The number of carbonyl (C=O) groups excluding carboxylic acids is 3. The number of nitrogens with one attached hydrogen (secondary N) is 1. The van der Waals surface area contributed by atoms with E-state index in [-0.39, 0.29) is 47.8 Å². The zero-order valence-electron chi connectivity index (χ0n) is 18.2. The summed E-state index contributed by atoms with van der Waals surface area (Å²) in [7, 11) is 0. The molecule has 1 aliphatic rings. The molecule has 0 spiro atoms. The van der Waals surface area contributed by atoms with Gasteiger partial charge in [0.05, 0.1) is 18.3 Å². The normalized spacial score (nSPS) is 16.0. The van der Waals surface area contributed by atoms with Crippen LogP contribution < -0.4 is 5.32 Å². The molecule has 0 saturated carbocycles. The van der Waals surface area contributed by atoms with E-state index in [1.54, 1.807) is 0 Å². The molecule has 1 heterocycles. The fraction of sp³-hybridized carbons (Fsp3) is 0.762. The van der Waals surface area contributed by atoms with Crippen LogP contribution in [-0.2, 0) is 23.9 Å². The third-order valence-electron chi connectivity index (χ3n) is 4.34. The molecule has 0 aromatic rings. The van der Waals surface area contributed by atoms with Crippen LogP contribution in [0.2, 0.25) is 0 Å². The van der Waals surface area contributed by atoms with Gasteiger partial charge in [0.1, 0.15) is 0 Å². The lowest BCUT2D eigenvalue weighted by atomic mass is 9.97. The summed E-state index contributed by atoms with van der Waals surface area (Å²) < 4.78 is 11.8. The molecule has 0 radical (unpaired) electrons. The van der Waals surface area contributed by atoms with Crippen molar-refractivity contribution in [2.24, 2.45) is 5.41 Å². The number of carbonyl (C=O) groups is 3. The minimum atomic E-state index is -0.366. The van der Waals surface area contributed by atoms with Gasteiger partial charge in [-0.1, -0.05) is 20.8 Å². The van der Waals surface area contributed by atoms with Crippen molar-refractivity contribution < 1.29 is 23.9 Å². The van der Waals surface area contributed by atoms with Gasteiger partial charge >= 0.3 is 0 Å². The summed E-state index contributed by atoms with van der Waals surface area (Å²) >= 11 is 0. The molecule has 1 aliphatic heterocycles. The molecule has 0 aromatic heterocycles. The van der Waals surface area contributed by atoms with Crippen molar-refractivity contribution in [3.05, 3.63) is 12.2 Å². The second kappa shape index (κ2) is 10.7. The number of rotatable bonds is 12. The maximum absolute atomic E-state index is 11.9. The number of hydrogen-bond donors (Lipinski definition) is 1. The smallest absolute Gasteiger partial charge is 0.253 e. The summed E-state index contributed by atoms with van der Waals surface area (Å²) in [6, 6.07) is 0. The maximum Gasteiger partial charge on any atom is 0.253 e. The predicted molar refractivity (Wildman–Crippen MR) is 108 cm³/mol. The van der Waals surface area contributed by atoms with Crippen LogP contribution in [0.3, 0.4) is 0 Å². The van der Waals surface area contributed by atoms with Gasteiger partial charge in [-0.15, -0.1) is 0 Å². The molecular formula is C21H36N2O5. The largest absolute Gasteiger partial charge is 0.378 e. The molecule has 7 nitrogen and oxygen atoms in total. The maximum atomic E-state index is 11.9. The topological polar surface area (TPSA) is 84.9 Å². The lowest BCUT2D eigenvalue weighted by Gasteiger charge is -2.30. The standard InChI is InChI=1S/C21H36N2O5/c1-16(27-14-11-21(5,6)28-15-20(2,3)4)9-12-22-17(24)10-13-23-18(25)7-8-19(23)26/h7-8,16H,9-15H2,1-6H3,(H,22,24). The second-order valence-electron chi connectivity index (χ2n) is 9.09. The van der Waals surface area contributed by atoms with Gasteiger partial charge in [-0.3, -0.25) is 19.3 Å². The van der Waals surface area contributed by atoms with Crippen molar-refractivity contribution in [3.8, 4) is 0 Å². The first-order valence-electron chi connectivity index (χ1n) is 9.95. The Morgan fingerprint density at radius 3 is 2.32 bits per heavy atom. The van der Waals surface area contributed by atoms with Crippen molar-refractivity contribution in [2.45, 2.75) is 72.5 Å². The van der Waals surface area contributed by atoms with Gasteiger partial charge < -0.3 is 14.8 Å². The van der Waals surface area contributed by atoms with E-state index < -0.39 is 0 Å². The van der Waals surface area contributed by atoms with E-state index in [2.05, 4.69) is 39.9 Å². The van der Waals surface area contributed by atoms with Crippen molar-refractivity contribution >= 4 is 17.7 Å². The van der Waals surface area contributed by atoms with Crippen molar-refractivity contribution in [1.82, 2.24) is 10.2 Å². The van der Waals surface area contributed by atoms with Gasteiger partial charge in [0.25, 0.3) is 11.8 Å². The summed E-state index contributed by atoms with van der Waals surface area (Å²) in [5, 5.41) is 2.80. The minimum absolute atomic E-state index is 0.0182. The average molecular weight is 397 g/mol. The van der Waals surface area contributed by atoms with E-state index in [0.29, 0.717) is 26.2 Å². The Balaban J connectivity index is 2.12. The van der Waals surface area contributed by atoms with Crippen LogP contribution in [0.5, 0.6) is 0 Å². The Labute approximate surface area is 168 Å². The molecule has 1 N–H and O–H groups in total. The van der Waals surface area contributed by atoms with Gasteiger partial charge in [0.15, 0.2) is 0 Å². The number of hydrogen-bond acceptors (Lipinski definition) is 5. The minimum Gasteiger partial charge on any atom is -0.378 e. The summed E-state index contributed by atoms with van der Waals surface area (Å²) in [6.45, 7) is 14.4. The molecule has 0 bridgehead atoms. The van der Waals surface area contributed by atoms with Crippen LogP contribution in [0.15, 0.2) is 12.2 Å². The third-order valence-corrected chi connectivity index (χ3v) is 4.34. The molecule has 7 heteroatoms. The first-order valence-corrected chi connectivity index (χ1v) is 9.95. The Morgan fingerprint density at radius 1 is 1.14 bits per heavy atom. The summed E-state index contributed by atoms with van der Waals surface area (Å²) in [4.78, 5) is 35.8. The molecule has 1 atom stereocenters. The highest BCUT2D eigenvalue weighted by Gasteiger charge is 2.24. The number of ether oxygens (including phenoxy) is 2. The van der Waals surface area contributed by atoms with Gasteiger partial charge in [-0.05, 0) is 39.0 Å². The van der Waals surface area contributed by atoms with Crippen LogP contribution in [-0.4, -0.2) is 60.6 Å². The highest BCUT2D eigenvalue weighted by molar-refractivity contribution is 6.13. The van der Waals surface area contributed by atoms with Crippen LogP contribution in [0.1, 0.15) is 60.8 Å². The lowest BCUT2D eigenvalue weighted by Crippen LogP contribution is -2.35. The monoisotopic (exact) mass is 396 g/mol. The van der Waals surface area contributed by atoms with E-state index >= 15 is 0 Å². The molecule has 28 heavy (non-hydrogen) atoms. The molecular weight excluding hydrogens is 360 g/mol. The summed E-state index contributed by atoms with van der Waals surface area (Å²) in [5.74, 6) is -0.917. The Hall–Kier alpha value is -1.73. The Kier molecular flexibility index (Phi) is 9.30. The second-order valence-corrected chi connectivity index (χ2v) is 9.09. The van der Waals surface area contributed by atoms with E-state index in [1.165, 1.54) is 12.2 Å². The lowest BCUT2D eigenvalue weighted by molar-refractivity contribution is -0.137. The number of amides is 3. The van der Waals surface area contributed by atoms with Crippen molar-refractivity contribution in [2.75, 3.05) is 26.3 Å². The molecule has 0 aliphatic carbocycles. The highest BCUT2D eigenvalue weighted by Crippen LogP contribution is 2.21. The fourth-order valence-corrected chi connectivity index (χ4v) is 2.44. The summed E-state index contributed by atoms with van der Waals surface area (Å²) in [6.07, 6.45) is 4.05. The zero-order chi connectivity index (χ0) is 21.4.